The molecule has 0 aliphatic heterocycles. The Morgan fingerprint density at radius 3 is 2.56 bits per heavy atom. The minimum absolute atomic E-state index is 0.262. The van der Waals surface area contributed by atoms with Gasteiger partial charge in [-0.25, -0.2) is 12.7 Å². The summed E-state index contributed by atoms with van der Waals surface area (Å²) in [5.41, 5.74) is 0. The van der Waals surface area contributed by atoms with Crippen molar-refractivity contribution in [3.63, 3.8) is 0 Å². The molecule has 0 aromatic heterocycles. The maximum Gasteiger partial charge on any atom is 0.242 e. The first kappa shape index (κ1) is 13.8. The molecule has 4 nitrogen and oxygen atoms in total. The highest BCUT2D eigenvalue weighted by atomic mass is 79.9. The molecule has 18 heavy (non-hydrogen) atoms. The average Bonchev–Trinajstić information content (AvgIpc) is 3.11. The first-order valence-electron chi connectivity index (χ1n) is 5.76. The van der Waals surface area contributed by atoms with E-state index in [0.717, 1.165) is 0 Å². The van der Waals surface area contributed by atoms with Crippen LogP contribution in [0.3, 0.4) is 0 Å². The largest absolute Gasteiger partial charge is 0.492 e. The van der Waals surface area contributed by atoms with E-state index >= 15 is 0 Å². The zero-order valence-corrected chi connectivity index (χ0v) is 12.8. The summed E-state index contributed by atoms with van der Waals surface area (Å²) in [7, 11) is -0.358. The molecule has 1 saturated carbocycles. The molecular formula is C12H16BrNO3S. The van der Waals surface area contributed by atoms with Gasteiger partial charge in [0.15, 0.2) is 0 Å². The van der Waals surface area contributed by atoms with E-state index in [2.05, 4.69) is 15.9 Å². The van der Waals surface area contributed by atoms with Gasteiger partial charge in [0.05, 0.1) is 16.0 Å². The predicted octanol–water partition coefficient (Wildman–Crippen LogP) is 2.49. The van der Waals surface area contributed by atoms with E-state index in [9.17, 15) is 8.42 Å². The van der Waals surface area contributed by atoms with Gasteiger partial charge < -0.3 is 4.74 Å². The van der Waals surface area contributed by atoms with Crippen LogP contribution in [-0.2, 0) is 10.0 Å². The van der Waals surface area contributed by atoms with E-state index in [1.165, 1.54) is 31.2 Å². The Bertz CT molecular complexity index is 538. The third-order valence-electron chi connectivity index (χ3n) is 2.85. The fourth-order valence-electron chi connectivity index (χ4n) is 1.46. The summed E-state index contributed by atoms with van der Waals surface area (Å²) >= 11 is 3.35. The highest BCUT2D eigenvalue weighted by Crippen LogP contribution is 2.33. The normalized spacial score (nSPS) is 16.0. The van der Waals surface area contributed by atoms with Crippen molar-refractivity contribution in [2.24, 2.45) is 5.92 Å². The topological polar surface area (TPSA) is 46.6 Å². The first-order valence-corrected chi connectivity index (χ1v) is 7.99. The van der Waals surface area contributed by atoms with E-state index in [1.807, 2.05) is 0 Å². The molecule has 0 atom stereocenters. The number of hydrogen-bond acceptors (Lipinski definition) is 3. The number of halogens is 1. The molecule has 0 heterocycles. The van der Waals surface area contributed by atoms with Crippen LogP contribution < -0.4 is 4.74 Å². The lowest BCUT2D eigenvalue weighted by molar-refractivity contribution is 0.298. The minimum atomic E-state index is -3.39. The van der Waals surface area contributed by atoms with Crippen LogP contribution in [0.1, 0.15) is 12.8 Å². The van der Waals surface area contributed by atoms with Gasteiger partial charge in [0.1, 0.15) is 5.75 Å². The smallest absolute Gasteiger partial charge is 0.242 e. The summed E-state index contributed by atoms with van der Waals surface area (Å²) in [5.74, 6) is 1.36. The summed E-state index contributed by atoms with van der Waals surface area (Å²) < 4.78 is 31.4. The highest BCUT2D eigenvalue weighted by Gasteiger charge is 2.23. The SMILES string of the molecule is CN(C)S(=O)(=O)c1ccc(OCC2CC2)c(Br)c1. The van der Waals surface area contributed by atoms with Gasteiger partial charge in [-0.1, -0.05) is 0 Å². The Hall–Kier alpha value is -0.590. The zero-order chi connectivity index (χ0) is 13.3. The van der Waals surface area contributed by atoms with Crippen molar-refractivity contribution in [3.05, 3.63) is 22.7 Å². The van der Waals surface area contributed by atoms with Gasteiger partial charge in [-0.3, -0.25) is 0 Å². The van der Waals surface area contributed by atoms with Crippen LogP contribution in [0.2, 0.25) is 0 Å². The van der Waals surface area contributed by atoms with Crippen molar-refractivity contribution in [1.29, 1.82) is 0 Å². The van der Waals surface area contributed by atoms with Crippen LogP contribution in [0, 0.1) is 5.92 Å². The molecule has 0 N–H and O–H groups in total. The number of rotatable bonds is 5. The van der Waals surface area contributed by atoms with E-state index in [0.29, 0.717) is 22.7 Å². The van der Waals surface area contributed by atoms with Gasteiger partial charge in [0.2, 0.25) is 10.0 Å². The standard InChI is InChI=1S/C12H16BrNO3S/c1-14(2)18(15,16)10-5-6-12(11(13)7-10)17-8-9-3-4-9/h5-7,9H,3-4,8H2,1-2H3. The van der Waals surface area contributed by atoms with Crippen molar-refractivity contribution in [3.8, 4) is 5.75 Å². The second-order valence-corrected chi connectivity index (χ2v) is 7.64. The fourth-order valence-corrected chi connectivity index (χ4v) is 3.04. The van der Waals surface area contributed by atoms with Crippen molar-refractivity contribution in [2.75, 3.05) is 20.7 Å². The molecule has 0 amide bonds. The molecule has 0 unspecified atom stereocenters. The summed E-state index contributed by atoms with van der Waals surface area (Å²) in [5, 5.41) is 0. The Morgan fingerprint density at radius 2 is 2.06 bits per heavy atom. The summed E-state index contributed by atoms with van der Waals surface area (Å²) in [4.78, 5) is 0.262. The van der Waals surface area contributed by atoms with Crippen LogP contribution >= 0.6 is 15.9 Å². The molecule has 0 spiro atoms. The molecule has 1 aliphatic rings. The van der Waals surface area contributed by atoms with Crippen LogP contribution in [0.4, 0.5) is 0 Å². The predicted molar refractivity (Wildman–Crippen MR) is 73.2 cm³/mol. The van der Waals surface area contributed by atoms with Gasteiger partial charge in [-0.2, -0.15) is 0 Å². The first-order chi connectivity index (χ1) is 8.41. The van der Waals surface area contributed by atoms with Gasteiger partial charge in [-0.15, -0.1) is 0 Å². The molecule has 100 valence electrons. The van der Waals surface area contributed by atoms with Crippen molar-refractivity contribution >= 4 is 26.0 Å². The molecule has 1 fully saturated rings. The van der Waals surface area contributed by atoms with Gasteiger partial charge >= 0.3 is 0 Å². The Balaban J connectivity index is 2.18. The molecule has 1 aromatic rings. The van der Waals surface area contributed by atoms with Crippen molar-refractivity contribution in [1.82, 2.24) is 4.31 Å². The van der Waals surface area contributed by atoms with Gasteiger partial charge in [0, 0.05) is 14.1 Å². The van der Waals surface area contributed by atoms with E-state index in [4.69, 9.17) is 4.74 Å². The molecular weight excluding hydrogens is 318 g/mol. The van der Waals surface area contributed by atoms with E-state index < -0.39 is 10.0 Å². The van der Waals surface area contributed by atoms with E-state index in [-0.39, 0.29) is 4.90 Å². The molecule has 0 radical (unpaired) electrons. The lowest BCUT2D eigenvalue weighted by Crippen LogP contribution is -2.22. The second kappa shape index (κ2) is 5.19. The lowest BCUT2D eigenvalue weighted by atomic mass is 10.3. The molecule has 2 rings (SSSR count). The summed E-state index contributed by atoms with van der Waals surface area (Å²) in [6, 6.07) is 4.85. The molecule has 1 aromatic carbocycles. The van der Waals surface area contributed by atoms with Gasteiger partial charge in [-0.05, 0) is 52.9 Å². The maximum absolute atomic E-state index is 11.9. The number of nitrogens with zero attached hydrogens (tertiary/aromatic N) is 1. The summed E-state index contributed by atoms with van der Waals surface area (Å²) in [6.45, 7) is 0.707. The van der Waals surface area contributed by atoms with Crippen LogP contribution in [0.25, 0.3) is 0 Å². The maximum atomic E-state index is 11.9. The number of benzene rings is 1. The van der Waals surface area contributed by atoms with Crippen LogP contribution in [-0.4, -0.2) is 33.4 Å². The fraction of sp³-hybridized carbons (Fsp3) is 0.500. The Labute approximate surface area is 116 Å². The lowest BCUT2D eigenvalue weighted by Gasteiger charge is -2.13. The van der Waals surface area contributed by atoms with Crippen LogP contribution in [0.5, 0.6) is 5.75 Å². The van der Waals surface area contributed by atoms with Crippen molar-refractivity contribution < 1.29 is 13.2 Å². The van der Waals surface area contributed by atoms with Crippen LogP contribution in [0.15, 0.2) is 27.6 Å². The van der Waals surface area contributed by atoms with Gasteiger partial charge in [0.25, 0.3) is 0 Å². The quantitative estimate of drug-likeness (QED) is 0.831. The number of hydrogen-bond donors (Lipinski definition) is 0. The Morgan fingerprint density at radius 1 is 1.39 bits per heavy atom. The second-order valence-electron chi connectivity index (χ2n) is 4.63. The summed E-state index contributed by atoms with van der Waals surface area (Å²) in [6.07, 6.45) is 2.45. The zero-order valence-electron chi connectivity index (χ0n) is 10.4. The molecule has 1 aliphatic carbocycles. The Kier molecular flexibility index (Phi) is 3.99. The third-order valence-corrected chi connectivity index (χ3v) is 5.28. The average molecular weight is 334 g/mol. The minimum Gasteiger partial charge on any atom is -0.492 e. The number of ether oxygens (including phenoxy) is 1. The third kappa shape index (κ3) is 3.05. The molecule has 0 saturated heterocycles. The highest BCUT2D eigenvalue weighted by molar-refractivity contribution is 9.10. The van der Waals surface area contributed by atoms with E-state index in [1.54, 1.807) is 18.2 Å². The number of sulfonamides is 1. The monoisotopic (exact) mass is 333 g/mol. The van der Waals surface area contributed by atoms with Crippen molar-refractivity contribution in [2.45, 2.75) is 17.7 Å². The molecule has 6 heteroatoms. The molecule has 0 bridgehead atoms.